The first-order valence-corrected chi connectivity index (χ1v) is 7.05. The molecule has 0 radical (unpaired) electrons. The van der Waals surface area contributed by atoms with Gasteiger partial charge >= 0.3 is 5.97 Å². The lowest BCUT2D eigenvalue weighted by atomic mass is 10.2. The Morgan fingerprint density at radius 3 is 1.80 bits per heavy atom. The number of carbonyl (C=O) groups is 2. The highest BCUT2D eigenvalue weighted by atomic mass is 16.4. The maximum Gasteiger partial charge on any atom is 0.317 e. The third-order valence-electron chi connectivity index (χ3n) is 2.98. The monoisotopic (exact) mass is 287 g/mol. The molecule has 0 heterocycles. The topological polar surface area (TPSA) is 64.1 Å². The van der Waals surface area contributed by atoms with E-state index in [0.29, 0.717) is 6.54 Å². The molecule has 118 valence electrons. The summed E-state index contributed by atoms with van der Waals surface area (Å²) in [4.78, 5) is 28.7. The molecule has 0 aromatic rings. The summed E-state index contributed by atoms with van der Waals surface area (Å²) in [5, 5.41) is 8.94. The molecule has 6 nitrogen and oxygen atoms in total. The number of rotatable bonds is 9. The van der Waals surface area contributed by atoms with E-state index in [2.05, 4.69) is 0 Å². The van der Waals surface area contributed by atoms with Crippen molar-refractivity contribution in [2.45, 2.75) is 39.8 Å². The van der Waals surface area contributed by atoms with E-state index in [1.165, 1.54) is 0 Å². The van der Waals surface area contributed by atoms with E-state index in [4.69, 9.17) is 5.11 Å². The van der Waals surface area contributed by atoms with Crippen LogP contribution in [0.3, 0.4) is 0 Å². The molecule has 0 fully saturated rings. The Bertz CT molecular complexity index is 309. The van der Waals surface area contributed by atoms with Crippen LogP contribution in [0.2, 0.25) is 0 Å². The van der Waals surface area contributed by atoms with Gasteiger partial charge in [-0.15, -0.1) is 0 Å². The Morgan fingerprint density at radius 1 is 0.950 bits per heavy atom. The molecular weight excluding hydrogens is 258 g/mol. The predicted molar refractivity (Wildman–Crippen MR) is 79.7 cm³/mol. The molecule has 0 aromatic carbocycles. The van der Waals surface area contributed by atoms with Crippen molar-refractivity contribution in [2.24, 2.45) is 0 Å². The van der Waals surface area contributed by atoms with Crippen LogP contribution in [0.1, 0.15) is 27.7 Å². The molecule has 0 aromatic heterocycles. The number of aliphatic carboxylic acids is 1. The summed E-state index contributed by atoms with van der Waals surface area (Å²) >= 11 is 0. The quantitative estimate of drug-likeness (QED) is 0.672. The van der Waals surface area contributed by atoms with Crippen LogP contribution < -0.4 is 0 Å². The minimum absolute atomic E-state index is 0.0185. The van der Waals surface area contributed by atoms with Crippen molar-refractivity contribution in [3.05, 3.63) is 0 Å². The zero-order chi connectivity index (χ0) is 15.9. The number of hydrogen-bond acceptors (Lipinski definition) is 4. The van der Waals surface area contributed by atoms with E-state index >= 15 is 0 Å². The third kappa shape index (κ3) is 7.45. The largest absolute Gasteiger partial charge is 0.480 e. The lowest BCUT2D eigenvalue weighted by Gasteiger charge is -2.33. The lowest BCUT2D eigenvalue weighted by molar-refractivity contribution is -0.140. The van der Waals surface area contributed by atoms with Gasteiger partial charge in [-0.05, 0) is 41.8 Å². The number of carbonyl (C=O) groups excluding carboxylic acids is 1. The number of amides is 1. The van der Waals surface area contributed by atoms with Gasteiger partial charge in [0.2, 0.25) is 5.91 Å². The SMILES string of the molecule is CC(C)N(C(=O)CN(CCN(C)C)CC(=O)O)C(C)C. The lowest BCUT2D eigenvalue weighted by Crippen LogP contribution is -2.49. The zero-order valence-corrected chi connectivity index (χ0v) is 13.6. The Labute approximate surface area is 122 Å². The summed E-state index contributed by atoms with van der Waals surface area (Å²) in [7, 11) is 3.85. The van der Waals surface area contributed by atoms with Crippen LogP contribution in [0.4, 0.5) is 0 Å². The number of carboxylic acids is 1. The Hall–Kier alpha value is -1.14. The normalized spacial score (nSPS) is 11.7. The van der Waals surface area contributed by atoms with E-state index in [1.807, 2.05) is 46.7 Å². The Kier molecular flexibility index (Phi) is 8.41. The fourth-order valence-electron chi connectivity index (χ4n) is 2.19. The van der Waals surface area contributed by atoms with Gasteiger partial charge in [-0.1, -0.05) is 0 Å². The second-order valence-electron chi connectivity index (χ2n) is 5.90. The van der Waals surface area contributed by atoms with Gasteiger partial charge in [-0.3, -0.25) is 14.5 Å². The summed E-state index contributed by atoms with van der Waals surface area (Å²) < 4.78 is 0. The molecule has 20 heavy (non-hydrogen) atoms. The summed E-state index contributed by atoms with van der Waals surface area (Å²) in [6.07, 6.45) is 0. The first-order chi connectivity index (χ1) is 9.15. The first kappa shape index (κ1) is 18.9. The molecular formula is C14H29N3O3. The third-order valence-corrected chi connectivity index (χ3v) is 2.98. The minimum Gasteiger partial charge on any atom is -0.480 e. The first-order valence-electron chi connectivity index (χ1n) is 7.05. The van der Waals surface area contributed by atoms with Crippen LogP contribution in [0, 0.1) is 0 Å². The van der Waals surface area contributed by atoms with Gasteiger partial charge in [0.05, 0.1) is 13.1 Å². The van der Waals surface area contributed by atoms with Gasteiger partial charge in [0.1, 0.15) is 0 Å². The van der Waals surface area contributed by atoms with Crippen LogP contribution in [-0.2, 0) is 9.59 Å². The number of likely N-dealkylation sites (N-methyl/N-ethyl adjacent to an activating group) is 1. The van der Waals surface area contributed by atoms with Gasteiger partial charge < -0.3 is 14.9 Å². The molecule has 0 bridgehead atoms. The standard InChI is InChI=1S/C14H29N3O3/c1-11(2)17(12(3)4)13(18)9-16(10-14(19)20)8-7-15(5)6/h11-12H,7-10H2,1-6H3,(H,19,20). The fraction of sp³-hybridized carbons (Fsp3) is 0.857. The highest BCUT2D eigenvalue weighted by molar-refractivity contribution is 5.79. The van der Waals surface area contributed by atoms with Gasteiger partial charge in [0, 0.05) is 25.2 Å². The summed E-state index contributed by atoms with van der Waals surface area (Å²) in [5.41, 5.74) is 0. The minimum atomic E-state index is -0.905. The molecule has 0 aliphatic rings. The summed E-state index contributed by atoms with van der Waals surface area (Å²) in [6.45, 7) is 9.22. The van der Waals surface area contributed by atoms with E-state index in [1.54, 1.807) is 9.80 Å². The molecule has 0 aliphatic heterocycles. The highest BCUT2D eigenvalue weighted by Crippen LogP contribution is 2.06. The number of nitrogens with zero attached hydrogens (tertiary/aromatic N) is 3. The van der Waals surface area contributed by atoms with Crippen molar-refractivity contribution < 1.29 is 14.7 Å². The van der Waals surface area contributed by atoms with Crippen molar-refractivity contribution >= 4 is 11.9 Å². The van der Waals surface area contributed by atoms with E-state index in [-0.39, 0.29) is 31.1 Å². The van der Waals surface area contributed by atoms with Crippen LogP contribution >= 0.6 is 0 Å². The number of carboxylic acid groups (broad SMARTS) is 1. The summed E-state index contributed by atoms with van der Waals surface area (Å²) in [5.74, 6) is -0.924. The average molecular weight is 287 g/mol. The summed E-state index contributed by atoms with van der Waals surface area (Å²) in [6, 6.07) is 0.228. The van der Waals surface area contributed by atoms with Crippen LogP contribution in [0.25, 0.3) is 0 Å². The molecule has 1 amide bonds. The van der Waals surface area contributed by atoms with Crippen LogP contribution in [-0.4, -0.2) is 84.0 Å². The zero-order valence-electron chi connectivity index (χ0n) is 13.6. The Balaban J connectivity index is 4.68. The van der Waals surface area contributed by atoms with Crippen LogP contribution in [0.5, 0.6) is 0 Å². The second-order valence-corrected chi connectivity index (χ2v) is 5.90. The molecule has 0 saturated heterocycles. The molecule has 1 N–H and O–H groups in total. The van der Waals surface area contributed by atoms with Gasteiger partial charge in [-0.25, -0.2) is 0 Å². The average Bonchev–Trinajstić information content (AvgIpc) is 2.23. The van der Waals surface area contributed by atoms with Gasteiger partial charge in [0.15, 0.2) is 0 Å². The maximum atomic E-state index is 12.3. The van der Waals surface area contributed by atoms with Crippen molar-refractivity contribution in [3.8, 4) is 0 Å². The van der Waals surface area contributed by atoms with E-state index in [9.17, 15) is 9.59 Å². The predicted octanol–water partition coefficient (Wildman–Crippen LogP) is 0.580. The van der Waals surface area contributed by atoms with Crippen molar-refractivity contribution in [2.75, 3.05) is 40.3 Å². The van der Waals surface area contributed by atoms with Crippen molar-refractivity contribution in [1.82, 2.24) is 14.7 Å². The molecule has 0 rings (SSSR count). The van der Waals surface area contributed by atoms with E-state index < -0.39 is 5.97 Å². The van der Waals surface area contributed by atoms with Crippen molar-refractivity contribution in [3.63, 3.8) is 0 Å². The highest BCUT2D eigenvalue weighted by Gasteiger charge is 2.23. The molecule has 0 saturated carbocycles. The van der Waals surface area contributed by atoms with Crippen LogP contribution in [0.15, 0.2) is 0 Å². The maximum absolute atomic E-state index is 12.3. The smallest absolute Gasteiger partial charge is 0.317 e. The van der Waals surface area contributed by atoms with Gasteiger partial charge in [-0.2, -0.15) is 0 Å². The second kappa shape index (κ2) is 8.92. The number of hydrogen-bond donors (Lipinski definition) is 1. The molecule has 6 heteroatoms. The van der Waals surface area contributed by atoms with Gasteiger partial charge in [0.25, 0.3) is 0 Å². The fourth-order valence-corrected chi connectivity index (χ4v) is 2.19. The molecule has 0 atom stereocenters. The molecule has 0 unspecified atom stereocenters. The van der Waals surface area contributed by atoms with E-state index in [0.717, 1.165) is 6.54 Å². The molecule has 0 aliphatic carbocycles. The molecule has 0 spiro atoms. The Morgan fingerprint density at radius 2 is 1.45 bits per heavy atom. The van der Waals surface area contributed by atoms with Crippen molar-refractivity contribution in [1.29, 1.82) is 0 Å².